The average Bonchev–Trinajstić information content (AvgIpc) is 2.59. The molecule has 6 heteroatoms. The van der Waals surface area contributed by atoms with Crippen LogP contribution in [0.5, 0.6) is 0 Å². The number of hydrogen-bond donors (Lipinski definition) is 2. The van der Waals surface area contributed by atoms with E-state index in [-0.39, 0.29) is 11.8 Å². The summed E-state index contributed by atoms with van der Waals surface area (Å²) < 4.78 is 0. The van der Waals surface area contributed by atoms with Crippen molar-refractivity contribution >= 4 is 17.6 Å². The Bertz CT molecular complexity index is 557. The van der Waals surface area contributed by atoms with Gasteiger partial charge in [-0.15, -0.1) is 0 Å². The number of anilines is 1. The fourth-order valence-corrected chi connectivity index (χ4v) is 3.00. The van der Waals surface area contributed by atoms with Crippen LogP contribution >= 0.6 is 0 Å². The number of urea groups is 1. The predicted molar refractivity (Wildman–Crippen MR) is 96.0 cm³/mol. The highest BCUT2D eigenvalue weighted by Gasteiger charge is 2.26. The van der Waals surface area contributed by atoms with Gasteiger partial charge in [-0.2, -0.15) is 0 Å². The molecule has 1 atom stereocenters. The fourth-order valence-electron chi connectivity index (χ4n) is 3.00. The van der Waals surface area contributed by atoms with E-state index in [1.807, 2.05) is 14.1 Å². The monoisotopic (exact) mass is 332 g/mol. The van der Waals surface area contributed by atoms with E-state index in [1.165, 1.54) is 11.3 Å². The van der Waals surface area contributed by atoms with E-state index in [0.717, 1.165) is 25.7 Å². The summed E-state index contributed by atoms with van der Waals surface area (Å²) in [5, 5.41) is 2.99. The summed E-state index contributed by atoms with van der Waals surface area (Å²) in [6.07, 6.45) is 3.49. The van der Waals surface area contributed by atoms with Crippen LogP contribution in [0.15, 0.2) is 24.3 Å². The molecule has 3 N–H and O–H groups in total. The SMILES string of the molecule is CN(C)c1ccc(CCCNC(=O)[C@H]2CCCN(C(N)=O)C2)cc1. The molecule has 1 aliphatic rings. The summed E-state index contributed by atoms with van der Waals surface area (Å²) >= 11 is 0. The second kappa shape index (κ2) is 8.57. The number of hydrogen-bond acceptors (Lipinski definition) is 3. The van der Waals surface area contributed by atoms with Gasteiger partial charge in [0.2, 0.25) is 5.91 Å². The van der Waals surface area contributed by atoms with Crippen molar-refractivity contribution in [2.45, 2.75) is 25.7 Å². The van der Waals surface area contributed by atoms with Gasteiger partial charge in [0, 0.05) is 39.4 Å². The molecule has 0 aliphatic carbocycles. The number of piperidine rings is 1. The Morgan fingerprint density at radius 3 is 2.62 bits per heavy atom. The number of likely N-dealkylation sites (tertiary alicyclic amines) is 1. The smallest absolute Gasteiger partial charge is 0.314 e. The maximum Gasteiger partial charge on any atom is 0.314 e. The van der Waals surface area contributed by atoms with E-state index >= 15 is 0 Å². The number of aryl methyl sites for hydroxylation is 1. The van der Waals surface area contributed by atoms with E-state index in [9.17, 15) is 9.59 Å². The summed E-state index contributed by atoms with van der Waals surface area (Å²) in [4.78, 5) is 27.0. The molecule has 1 saturated heterocycles. The van der Waals surface area contributed by atoms with Crippen LogP contribution in [0.4, 0.5) is 10.5 Å². The molecule has 1 fully saturated rings. The molecule has 1 heterocycles. The third-order valence-electron chi connectivity index (χ3n) is 4.50. The number of amides is 3. The normalized spacial score (nSPS) is 17.4. The number of carbonyl (C=O) groups is 2. The molecule has 24 heavy (non-hydrogen) atoms. The molecular formula is C18H28N4O2. The van der Waals surface area contributed by atoms with E-state index in [2.05, 4.69) is 34.5 Å². The molecule has 0 aromatic heterocycles. The van der Waals surface area contributed by atoms with E-state index in [4.69, 9.17) is 5.73 Å². The van der Waals surface area contributed by atoms with Gasteiger partial charge < -0.3 is 20.9 Å². The Morgan fingerprint density at radius 1 is 1.29 bits per heavy atom. The standard InChI is InChI=1S/C18H28N4O2/c1-21(2)16-9-7-14(8-10-16)5-3-11-20-17(23)15-6-4-12-22(13-15)18(19)24/h7-10,15H,3-6,11-13H2,1-2H3,(H2,19,24)(H,20,23)/t15-/m0/s1. The minimum absolute atomic E-state index is 0.0314. The van der Waals surface area contributed by atoms with Gasteiger partial charge in [0.15, 0.2) is 0 Å². The third kappa shape index (κ3) is 5.15. The maximum atomic E-state index is 12.2. The van der Waals surface area contributed by atoms with Crippen LogP contribution in [0.25, 0.3) is 0 Å². The zero-order chi connectivity index (χ0) is 17.5. The molecule has 0 unspecified atom stereocenters. The molecule has 1 aromatic carbocycles. The van der Waals surface area contributed by atoms with Crippen molar-refractivity contribution in [2.24, 2.45) is 11.7 Å². The molecule has 0 radical (unpaired) electrons. The predicted octanol–water partition coefficient (Wildman–Crippen LogP) is 1.59. The second-order valence-corrected chi connectivity index (χ2v) is 6.58. The van der Waals surface area contributed by atoms with Gasteiger partial charge in [-0.3, -0.25) is 4.79 Å². The quantitative estimate of drug-likeness (QED) is 0.777. The first-order chi connectivity index (χ1) is 11.5. The highest BCUT2D eigenvalue weighted by molar-refractivity contribution is 5.80. The lowest BCUT2D eigenvalue weighted by atomic mass is 9.97. The van der Waals surface area contributed by atoms with Crippen LogP contribution < -0.4 is 16.0 Å². The fraction of sp³-hybridized carbons (Fsp3) is 0.556. The number of rotatable bonds is 6. The van der Waals surface area contributed by atoms with Gasteiger partial charge in [-0.05, 0) is 43.4 Å². The largest absolute Gasteiger partial charge is 0.378 e. The summed E-state index contributed by atoms with van der Waals surface area (Å²) in [5.41, 5.74) is 7.75. The molecule has 6 nitrogen and oxygen atoms in total. The topological polar surface area (TPSA) is 78.7 Å². The van der Waals surface area contributed by atoms with E-state index in [1.54, 1.807) is 4.90 Å². The number of nitrogens with one attached hydrogen (secondary N) is 1. The Labute approximate surface area is 144 Å². The highest BCUT2D eigenvalue weighted by Crippen LogP contribution is 2.16. The maximum absolute atomic E-state index is 12.2. The zero-order valence-electron chi connectivity index (χ0n) is 14.6. The highest BCUT2D eigenvalue weighted by atomic mass is 16.2. The Morgan fingerprint density at radius 2 is 2.00 bits per heavy atom. The molecule has 1 aliphatic heterocycles. The summed E-state index contributed by atoms with van der Waals surface area (Å²) in [7, 11) is 4.05. The van der Waals surface area contributed by atoms with Crippen LogP contribution in [-0.4, -0.2) is 50.6 Å². The first-order valence-corrected chi connectivity index (χ1v) is 8.55. The van der Waals surface area contributed by atoms with Gasteiger partial charge >= 0.3 is 6.03 Å². The minimum atomic E-state index is -0.436. The second-order valence-electron chi connectivity index (χ2n) is 6.58. The van der Waals surface area contributed by atoms with Crippen molar-refractivity contribution in [3.05, 3.63) is 29.8 Å². The van der Waals surface area contributed by atoms with Crippen molar-refractivity contribution in [2.75, 3.05) is 38.6 Å². The number of nitrogens with zero attached hydrogens (tertiary/aromatic N) is 2. The van der Waals surface area contributed by atoms with Crippen LogP contribution in [0.1, 0.15) is 24.8 Å². The molecular weight excluding hydrogens is 304 g/mol. The number of benzene rings is 1. The molecule has 1 aromatic rings. The lowest BCUT2D eigenvalue weighted by Gasteiger charge is -2.30. The molecule has 132 valence electrons. The first kappa shape index (κ1) is 18.1. The molecule has 3 amide bonds. The van der Waals surface area contributed by atoms with E-state index in [0.29, 0.717) is 19.6 Å². The van der Waals surface area contributed by atoms with Gasteiger partial charge in [0.1, 0.15) is 0 Å². The van der Waals surface area contributed by atoms with Crippen LogP contribution in [0.3, 0.4) is 0 Å². The van der Waals surface area contributed by atoms with Crippen molar-refractivity contribution in [1.29, 1.82) is 0 Å². The van der Waals surface area contributed by atoms with Crippen molar-refractivity contribution in [1.82, 2.24) is 10.2 Å². The van der Waals surface area contributed by atoms with Crippen molar-refractivity contribution in [3.63, 3.8) is 0 Å². The molecule has 2 rings (SSSR count). The van der Waals surface area contributed by atoms with Crippen molar-refractivity contribution in [3.8, 4) is 0 Å². The van der Waals surface area contributed by atoms with Crippen LogP contribution in [-0.2, 0) is 11.2 Å². The zero-order valence-corrected chi connectivity index (χ0v) is 14.6. The molecule has 0 spiro atoms. The van der Waals surface area contributed by atoms with Crippen LogP contribution in [0.2, 0.25) is 0 Å². The summed E-state index contributed by atoms with van der Waals surface area (Å²) in [5.74, 6) is -0.102. The third-order valence-corrected chi connectivity index (χ3v) is 4.50. The lowest BCUT2D eigenvalue weighted by molar-refractivity contribution is -0.126. The minimum Gasteiger partial charge on any atom is -0.378 e. The van der Waals surface area contributed by atoms with Gasteiger partial charge in [0.25, 0.3) is 0 Å². The van der Waals surface area contributed by atoms with Gasteiger partial charge in [-0.1, -0.05) is 12.1 Å². The number of carbonyl (C=O) groups excluding carboxylic acids is 2. The average molecular weight is 332 g/mol. The van der Waals surface area contributed by atoms with Crippen molar-refractivity contribution < 1.29 is 9.59 Å². The summed E-state index contributed by atoms with van der Waals surface area (Å²) in [6, 6.07) is 8.03. The molecule has 0 bridgehead atoms. The van der Waals surface area contributed by atoms with Gasteiger partial charge in [-0.25, -0.2) is 4.79 Å². The van der Waals surface area contributed by atoms with Gasteiger partial charge in [0.05, 0.1) is 5.92 Å². The lowest BCUT2D eigenvalue weighted by Crippen LogP contribution is -2.47. The Balaban J connectivity index is 1.70. The summed E-state index contributed by atoms with van der Waals surface area (Å²) in [6.45, 7) is 1.75. The van der Waals surface area contributed by atoms with Crippen LogP contribution in [0, 0.1) is 5.92 Å². The van der Waals surface area contributed by atoms with E-state index < -0.39 is 6.03 Å². The molecule has 0 saturated carbocycles. The Kier molecular flexibility index (Phi) is 6.46. The number of primary amides is 1. The Hall–Kier alpha value is -2.24. The number of nitrogens with two attached hydrogens (primary N) is 1. The first-order valence-electron chi connectivity index (χ1n) is 8.55.